The highest BCUT2D eigenvalue weighted by molar-refractivity contribution is 5.06. The van der Waals surface area contributed by atoms with E-state index in [1.807, 2.05) is 13.8 Å². The van der Waals surface area contributed by atoms with Crippen molar-refractivity contribution in [2.24, 2.45) is 0 Å². The van der Waals surface area contributed by atoms with Crippen LogP contribution in [-0.2, 0) is 0 Å². The average molecular weight is 136 g/mol. The molecule has 2 heteroatoms. The molecule has 0 unspecified atom stereocenters. The molecular weight excluding hydrogens is 126 g/mol. The van der Waals surface area contributed by atoms with Crippen LogP contribution in [0.15, 0.2) is 16.9 Å². The number of hydrogen-bond acceptors (Lipinski definition) is 1. The third-order valence-corrected chi connectivity index (χ3v) is 1.35. The molecular formula is C8H10NO. The number of nitrogens with one attached hydrogen (secondary N) is 1. The third-order valence-electron chi connectivity index (χ3n) is 1.35. The van der Waals surface area contributed by atoms with Gasteiger partial charge < -0.3 is 4.98 Å². The fourth-order valence-electron chi connectivity index (χ4n) is 0.733. The minimum absolute atomic E-state index is 0.0162. The highest BCUT2D eigenvalue weighted by atomic mass is 16.1. The van der Waals surface area contributed by atoms with Crippen molar-refractivity contribution in [3.05, 3.63) is 34.2 Å². The second-order valence-electron chi connectivity index (χ2n) is 2.57. The Bertz CT molecular complexity index is 262. The highest BCUT2D eigenvalue weighted by Crippen LogP contribution is 2.06. The lowest BCUT2D eigenvalue weighted by Crippen LogP contribution is -2.02. The van der Waals surface area contributed by atoms with Gasteiger partial charge in [0, 0.05) is 17.8 Å². The average Bonchev–Trinajstić information content (AvgIpc) is 1.88. The molecule has 1 aromatic heterocycles. The van der Waals surface area contributed by atoms with Gasteiger partial charge in [-0.2, -0.15) is 0 Å². The summed E-state index contributed by atoms with van der Waals surface area (Å²) in [6.07, 6.45) is 2.67. The van der Waals surface area contributed by atoms with E-state index in [0.29, 0.717) is 5.92 Å². The summed E-state index contributed by atoms with van der Waals surface area (Å²) >= 11 is 0. The minimum atomic E-state index is 0.0162. The van der Waals surface area contributed by atoms with Crippen molar-refractivity contribution in [2.75, 3.05) is 0 Å². The predicted molar refractivity (Wildman–Crippen MR) is 40.0 cm³/mol. The van der Waals surface area contributed by atoms with Gasteiger partial charge in [0.2, 0.25) is 0 Å². The zero-order valence-electron chi connectivity index (χ0n) is 6.14. The van der Waals surface area contributed by atoms with Crippen LogP contribution in [0.3, 0.4) is 0 Å². The Labute approximate surface area is 59.9 Å². The van der Waals surface area contributed by atoms with Crippen LogP contribution in [0.5, 0.6) is 0 Å². The van der Waals surface area contributed by atoms with Crippen molar-refractivity contribution in [3.8, 4) is 0 Å². The number of hydrogen-bond donors (Lipinski definition) is 1. The lowest BCUT2D eigenvalue weighted by atomic mass is 10.1. The normalized spacial score (nSPS) is 10.3. The molecule has 1 N–H and O–H groups in total. The molecule has 53 valence electrons. The van der Waals surface area contributed by atoms with Crippen LogP contribution in [0.25, 0.3) is 0 Å². The number of H-pyrrole nitrogens is 1. The second kappa shape index (κ2) is 2.69. The van der Waals surface area contributed by atoms with Crippen molar-refractivity contribution in [2.45, 2.75) is 19.8 Å². The van der Waals surface area contributed by atoms with Gasteiger partial charge in [0.25, 0.3) is 0 Å². The topological polar surface area (TPSA) is 32.9 Å². The zero-order valence-corrected chi connectivity index (χ0v) is 6.14. The summed E-state index contributed by atoms with van der Waals surface area (Å²) in [4.78, 5) is 13.6. The molecule has 1 radical (unpaired) electrons. The lowest BCUT2D eigenvalue weighted by molar-refractivity contribution is 0.819. The van der Waals surface area contributed by atoms with Gasteiger partial charge in [-0.3, -0.25) is 4.79 Å². The number of aromatic nitrogens is 1. The molecule has 0 aromatic carbocycles. The molecule has 0 spiro atoms. The molecule has 1 rings (SSSR count). The zero-order chi connectivity index (χ0) is 7.56. The largest absolute Gasteiger partial charge is 0.357 e. The van der Waals surface area contributed by atoms with E-state index in [9.17, 15) is 4.79 Å². The Morgan fingerprint density at radius 2 is 2.30 bits per heavy atom. The molecule has 1 aromatic rings. The quantitative estimate of drug-likeness (QED) is 0.620. The van der Waals surface area contributed by atoms with Gasteiger partial charge in [0.15, 0.2) is 5.43 Å². The molecule has 0 bridgehead atoms. The van der Waals surface area contributed by atoms with E-state index in [1.165, 1.54) is 6.07 Å². The second-order valence-corrected chi connectivity index (χ2v) is 2.57. The smallest absolute Gasteiger partial charge is 0.182 e. The SMILES string of the molecule is CC(C)c1cc(=O)c[c][nH]1. The Morgan fingerprint density at radius 1 is 1.60 bits per heavy atom. The highest BCUT2D eigenvalue weighted by Gasteiger charge is 1.97. The molecule has 0 atom stereocenters. The van der Waals surface area contributed by atoms with Gasteiger partial charge in [0.05, 0.1) is 6.20 Å². The van der Waals surface area contributed by atoms with Crippen LogP contribution < -0.4 is 5.43 Å². The van der Waals surface area contributed by atoms with E-state index in [0.717, 1.165) is 5.69 Å². The Morgan fingerprint density at radius 3 is 2.70 bits per heavy atom. The van der Waals surface area contributed by atoms with Crippen LogP contribution >= 0.6 is 0 Å². The summed E-state index contributed by atoms with van der Waals surface area (Å²) < 4.78 is 0. The first-order valence-corrected chi connectivity index (χ1v) is 3.30. The third kappa shape index (κ3) is 1.47. The van der Waals surface area contributed by atoms with E-state index in [1.54, 1.807) is 6.07 Å². The summed E-state index contributed by atoms with van der Waals surface area (Å²) in [5.74, 6) is 0.366. The van der Waals surface area contributed by atoms with E-state index < -0.39 is 0 Å². The van der Waals surface area contributed by atoms with Gasteiger partial charge in [-0.15, -0.1) is 0 Å². The number of aromatic amines is 1. The van der Waals surface area contributed by atoms with Crippen molar-refractivity contribution < 1.29 is 0 Å². The first kappa shape index (κ1) is 7.06. The predicted octanol–water partition coefficient (Wildman–Crippen LogP) is 1.30. The summed E-state index contributed by atoms with van der Waals surface area (Å²) in [7, 11) is 0. The van der Waals surface area contributed by atoms with Crippen LogP contribution in [0, 0.1) is 6.20 Å². The van der Waals surface area contributed by atoms with Gasteiger partial charge in [-0.05, 0) is 5.92 Å². The van der Waals surface area contributed by atoms with Crippen LogP contribution in [0.4, 0.5) is 0 Å². The summed E-state index contributed by atoms with van der Waals surface area (Å²) in [5.41, 5.74) is 0.954. The first-order chi connectivity index (χ1) is 4.70. The van der Waals surface area contributed by atoms with Crippen LogP contribution in [-0.4, -0.2) is 4.98 Å². The Kier molecular flexibility index (Phi) is 1.90. The van der Waals surface area contributed by atoms with E-state index in [4.69, 9.17) is 0 Å². The molecule has 0 aliphatic carbocycles. The van der Waals surface area contributed by atoms with Crippen molar-refractivity contribution in [3.63, 3.8) is 0 Å². The van der Waals surface area contributed by atoms with Crippen LogP contribution in [0.1, 0.15) is 25.5 Å². The lowest BCUT2D eigenvalue weighted by Gasteiger charge is -2.01. The molecule has 10 heavy (non-hydrogen) atoms. The fourth-order valence-corrected chi connectivity index (χ4v) is 0.733. The van der Waals surface area contributed by atoms with E-state index in [-0.39, 0.29) is 5.43 Å². The molecule has 0 fully saturated rings. The van der Waals surface area contributed by atoms with Crippen molar-refractivity contribution in [1.29, 1.82) is 0 Å². The molecule has 1 heterocycles. The summed E-state index contributed by atoms with van der Waals surface area (Å²) in [6, 6.07) is 2.99. The number of rotatable bonds is 1. The molecule has 0 amide bonds. The first-order valence-electron chi connectivity index (χ1n) is 3.30. The maximum atomic E-state index is 10.7. The summed E-state index contributed by atoms with van der Waals surface area (Å²) in [6.45, 7) is 4.05. The molecule has 2 nitrogen and oxygen atoms in total. The molecule has 0 saturated carbocycles. The van der Waals surface area contributed by atoms with Gasteiger partial charge in [-0.1, -0.05) is 13.8 Å². The minimum Gasteiger partial charge on any atom is -0.357 e. The van der Waals surface area contributed by atoms with Crippen LogP contribution in [0.2, 0.25) is 0 Å². The van der Waals surface area contributed by atoms with Gasteiger partial charge >= 0.3 is 0 Å². The molecule has 0 saturated heterocycles. The monoisotopic (exact) mass is 136 g/mol. The summed E-state index contributed by atoms with van der Waals surface area (Å²) in [5, 5.41) is 0. The van der Waals surface area contributed by atoms with E-state index in [2.05, 4.69) is 11.2 Å². The maximum absolute atomic E-state index is 10.7. The standard InChI is InChI=1S/C8H10NO/c1-6(2)8-5-7(10)3-4-9-8/h3,5-6H,1-2H3,(H,9,10). The Hall–Kier alpha value is -1.05. The van der Waals surface area contributed by atoms with Gasteiger partial charge in [-0.25, -0.2) is 0 Å². The molecule has 0 aliphatic heterocycles. The van der Waals surface area contributed by atoms with Crippen molar-refractivity contribution in [1.82, 2.24) is 4.98 Å². The fraction of sp³-hybridized carbons (Fsp3) is 0.375. The molecule has 0 aliphatic rings. The van der Waals surface area contributed by atoms with Gasteiger partial charge in [0.1, 0.15) is 0 Å². The number of pyridine rings is 1. The maximum Gasteiger partial charge on any atom is 0.182 e. The Balaban J connectivity index is 3.07. The van der Waals surface area contributed by atoms with Crippen molar-refractivity contribution >= 4 is 0 Å². The van der Waals surface area contributed by atoms with E-state index >= 15 is 0 Å².